The number of anilines is 3. The van der Waals surface area contributed by atoms with Crippen molar-refractivity contribution in [2.45, 2.75) is 6.92 Å². The fourth-order valence-corrected chi connectivity index (χ4v) is 5.84. The van der Waals surface area contributed by atoms with Crippen LogP contribution in [0, 0.1) is 6.92 Å². The summed E-state index contributed by atoms with van der Waals surface area (Å²) in [6.07, 6.45) is 1.99. The van der Waals surface area contributed by atoms with Gasteiger partial charge in [-0.25, -0.2) is 4.98 Å². The number of halogens is 1. The van der Waals surface area contributed by atoms with Gasteiger partial charge in [-0.05, 0) is 71.6 Å². The lowest BCUT2D eigenvalue weighted by Crippen LogP contribution is -2.13. The topological polar surface area (TPSA) is 25.4 Å². The van der Waals surface area contributed by atoms with Gasteiger partial charge in [-0.2, -0.15) is 0 Å². The summed E-state index contributed by atoms with van der Waals surface area (Å²) in [5, 5.41) is 0. The first-order valence-corrected chi connectivity index (χ1v) is 14.0. The molecule has 6 aromatic rings. The van der Waals surface area contributed by atoms with E-state index < -0.39 is 0 Å². The lowest BCUT2D eigenvalue weighted by atomic mass is 9.95. The number of pyridine rings is 1. The molecule has 1 aliphatic rings. The Labute approximate surface area is 242 Å². The first-order valence-electron chi connectivity index (χ1n) is 13.2. The number of ether oxygens (including phenoxy) is 1. The zero-order chi connectivity index (χ0) is 27.1. The van der Waals surface area contributed by atoms with Crippen LogP contribution in [0.1, 0.15) is 5.56 Å². The van der Waals surface area contributed by atoms with E-state index >= 15 is 0 Å². The highest BCUT2D eigenvalue weighted by Crippen LogP contribution is 2.51. The first kappa shape index (κ1) is 24.4. The lowest BCUT2D eigenvalue weighted by molar-refractivity contribution is 0.482. The van der Waals surface area contributed by atoms with E-state index in [-0.39, 0.29) is 0 Å². The van der Waals surface area contributed by atoms with Crippen LogP contribution in [0.15, 0.2) is 138 Å². The Morgan fingerprint density at radius 1 is 0.575 bits per heavy atom. The molecule has 192 valence electrons. The molecule has 0 saturated heterocycles. The van der Waals surface area contributed by atoms with Crippen molar-refractivity contribution in [3.63, 3.8) is 0 Å². The van der Waals surface area contributed by atoms with Gasteiger partial charge in [0.25, 0.3) is 0 Å². The van der Waals surface area contributed by atoms with Crippen molar-refractivity contribution in [2.75, 3.05) is 4.90 Å². The Bertz CT molecular complexity index is 1870. The summed E-state index contributed by atoms with van der Waals surface area (Å²) in [6, 6.07) is 44.0. The SMILES string of the molecule is Cc1cc(N2c3ccccc3-c3ccccc3-c3ccc(Oc4cccc(Br)c4)cc32)ncc1-c1ccccc1. The van der Waals surface area contributed by atoms with Crippen LogP contribution < -0.4 is 9.64 Å². The number of fused-ring (bicyclic) bond motifs is 5. The van der Waals surface area contributed by atoms with Crippen LogP contribution in [0.25, 0.3) is 33.4 Å². The molecule has 0 saturated carbocycles. The summed E-state index contributed by atoms with van der Waals surface area (Å²) in [5.74, 6) is 2.39. The quantitative estimate of drug-likeness (QED) is 0.207. The standard InChI is InChI=1S/C36H25BrN2O/c1-24-20-36(38-23-33(24)25-10-3-2-4-11-25)39-34-17-8-7-16-31(34)29-14-5-6-15-30(29)32-19-18-28(22-35(32)39)40-27-13-9-12-26(37)21-27/h2-23H,1H3. The zero-order valence-corrected chi connectivity index (χ0v) is 23.5. The summed E-state index contributed by atoms with van der Waals surface area (Å²) in [7, 11) is 0. The highest BCUT2D eigenvalue weighted by atomic mass is 79.9. The van der Waals surface area contributed by atoms with Gasteiger partial charge in [0.1, 0.15) is 17.3 Å². The van der Waals surface area contributed by atoms with Crippen molar-refractivity contribution in [3.05, 3.63) is 144 Å². The minimum Gasteiger partial charge on any atom is -0.457 e. The molecule has 5 aromatic carbocycles. The third-order valence-corrected chi connectivity index (χ3v) is 7.80. The number of hydrogen-bond donors (Lipinski definition) is 0. The zero-order valence-electron chi connectivity index (χ0n) is 21.9. The summed E-state index contributed by atoms with van der Waals surface area (Å²) in [6.45, 7) is 2.15. The van der Waals surface area contributed by atoms with Crippen molar-refractivity contribution in [1.29, 1.82) is 0 Å². The predicted octanol–water partition coefficient (Wildman–Crippen LogP) is 10.7. The molecule has 40 heavy (non-hydrogen) atoms. The van der Waals surface area contributed by atoms with Gasteiger partial charge in [-0.15, -0.1) is 0 Å². The molecular formula is C36H25BrN2O. The largest absolute Gasteiger partial charge is 0.457 e. The molecule has 0 unspecified atom stereocenters. The highest BCUT2D eigenvalue weighted by molar-refractivity contribution is 9.10. The molecule has 3 nitrogen and oxygen atoms in total. The van der Waals surface area contributed by atoms with Crippen molar-refractivity contribution >= 4 is 33.1 Å². The maximum atomic E-state index is 6.35. The Kier molecular flexibility index (Phi) is 6.18. The monoisotopic (exact) mass is 580 g/mol. The third kappa shape index (κ3) is 4.37. The van der Waals surface area contributed by atoms with Crippen molar-refractivity contribution in [3.8, 4) is 44.9 Å². The van der Waals surface area contributed by atoms with Crippen LogP contribution in [0.4, 0.5) is 17.2 Å². The third-order valence-electron chi connectivity index (χ3n) is 7.30. The number of hydrogen-bond acceptors (Lipinski definition) is 3. The lowest BCUT2D eigenvalue weighted by Gasteiger charge is -2.27. The average molecular weight is 582 g/mol. The number of benzene rings is 5. The molecule has 0 N–H and O–H groups in total. The molecule has 0 radical (unpaired) electrons. The maximum absolute atomic E-state index is 6.35. The fraction of sp³-hybridized carbons (Fsp3) is 0.0278. The minimum atomic E-state index is 0.760. The van der Waals surface area contributed by atoms with Crippen LogP contribution in [-0.4, -0.2) is 4.98 Å². The van der Waals surface area contributed by atoms with E-state index in [1.165, 1.54) is 16.7 Å². The Morgan fingerprint density at radius 3 is 2.00 bits per heavy atom. The second kappa shape index (κ2) is 10.1. The van der Waals surface area contributed by atoms with E-state index in [0.717, 1.165) is 55.4 Å². The van der Waals surface area contributed by atoms with E-state index in [0.29, 0.717) is 0 Å². The van der Waals surface area contributed by atoms with Gasteiger partial charge in [-0.3, -0.25) is 4.90 Å². The number of nitrogens with zero attached hydrogens (tertiary/aromatic N) is 2. The highest BCUT2D eigenvalue weighted by Gasteiger charge is 2.27. The van der Waals surface area contributed by atoms with Crippen LogP contribution in [0.2, 0.25) is 0 Å². The molecular weight excluding hydrogens is 556 g/mol. The molecule has 4 heteroatoms. The smallest absolute Gasteiger partial charge is 0.137 e. The van der Waals surface area contributed by atoms with Crippen LogP contribution in [0.3, 0.4) is 0 Å². The summed E-state index contributed by atoms with van der Waals surface area (Å²) in [4.78, 5) is 7.31. The number of aromatic nitrogens is 1. The second-order valence-corrected chi connectivity index (χ2v) is 10.8. The molecule has 0 aliphatic carbocycles. The Hall–Kier alpha value is -4.67. The minimum absolute atomic E-state index is 0.760. The van der Waals surface area contributed by atoms with Gasteiger partial charge in [0.05, 0.1) is 11.4 Å². The van der Waals surface area contributed by atoms with E-state index in [9.17, 15) is 0 Å². The number of para-hydroxylation sites is 1. The van der Waals surface area contributed by atoms with E-state index in [4.69, 9.17) is 9.72 Å². The molecule has 0 fully saturated rings. The first-order chi connectivity index (χ1) is 19.7. The summed E-state index contributed by atoms with van der Waals surface area (Å²) < 4.78 is 7.32. The maximum Gasteiger partial charge on any atom is 0.137 e. The van der Waals surface area contributed by atoms with Gasteiger partial charge in [0.2, 0.25) is 0 Å². The van der Waals surface area contributed by atoms with Crippen LogP contribution >= 0.6 is 15.9 Å². The molecule has 2 heterocycles. The molecule has 0 spiro atoms. The van der Waals surface area contributed by atoms with E-state index in [1.54, 1.807) is 0 Å². The summed E-state index contributed by atoms with van der Waals surface area (Å²) in [5.41, 5.74) is 10.2. The molecule has 1 aromatic heterocycles. The van der Waals surface area contributed by atoms with Crippen molar-refractivity contribution in [2.24, 2.45) is 0 Å². The van der Waals surface area contributed by atoms with Crippen LogP contribution in [-0.2, 0) is 0 Å². The van der Waals surface area contributed by atoms with Crippen molar-refractivity contribution < 1.29 is 4.74 Å². The molecule has 0 amide bonds. The summed E-state index contributed by atoms with van der Waals surface area (Å²) >= 11 is 3.55. The predicted molar refractivity (Wildman–Crippen MR) is 168 cm³/mol. The molecule has 0 bridgehead atoms. The Morgan fingerprint density at radius 2 is 1.25 bits per heavy atom. The van der Waals surface area contributed by atoms with Gasteiger partial charge in [0.15, 0.2) is 0 Å². The van der Waals surface area contributed by atoms with Crippen molar-refractivity contribution in [1.82, 2.24) is 4.98 Å². The Balaban J connectivity index is 1.44. The molecule has 7 rings (SSSR count). The van der Waals surface area contributed by atoms with Gasteiger partial charge < -0.3 is 4.74 Å². The average Bonchev–Trinajstić information content (AvgIpc) is 3.10. The van der Waals surface area contributed by atoms with Crippen LogP contribution in [0.5, 0.6) is 11.5 Å². The normalized spacial score (nSPS) is 11.7. The molecule has 1 aliphatic heterocycles. The number of rotatable bonds is 4. The van der Waals surface area contributed by atoms with E-state index in [2.05, 4.69) is 119 Å². The number of aryl methyl sites for hydroxylation is 1. The van der Waals surface area contributed by atoms with Gasteiger partial charge in [0, 0.05) is 33.4 Å². The molecule has 0 atom stereocenters. The van der Waals surface area contributed by atoms with E-state index in [1.807, 2.05) is 42.6 Å². The van der Waals surface area contributed by atoms with Gasteiger partial charge in [-0.1, -0.05) is 94.8 Å². The van der Waals surface area contributed by atoms with Gasteiger partial charge >= 0.3 is 0 Å². The fourth-order valence-electron chi connectivity index (χ4n) is 5.46. The second-order valence-electron chi connectivity index (χ2n) is 9.86.